The van der Waals surface area contributed by atoms with E-state index in [0.717, 1.165) is 40.0 Å². The lowest BCUT2D eigenvalue weighted by Crippen LogP contribution is -2.42. The molecule has 0 radical (unpaired) electrons. The maximum Gasteiger partial charge on any atom is 0.326 e. The summed E-state index contributed by atoms with van der Waals surface area (Å²) in [5.41, 5.74) is 4.73. The molecule has 7 nitrogen and oxygen atoms in total. The highest BCUT2D eigenvalue weighted by Gasteiger charge is 2.24. The average molecular weight is 570 g/mol. The monoisotopic (exact) mass is 569 g/mol. The van der Waals surface area contributed by atoms with Gasteiger partial charge in [0, 0.05) is 17.6 Å². The predicted molar refractivity (Wildman–Crippen MR) is 157 cm³/mol. The molecule has 3 aromatic carbocycles. The average Bonchev–Trinajstić information content (AvgIpc) is 2.91. The molecule has 9 heteroatoms. The molecule has 0 aliphatic rings. The number of sulfone groups is 1. The minimum atomic E-state index is -3.39. The quantitative estimate of drug-likeness (QED) is 0.271. The third-order valence-electron chi connectivity index (χ3n) is 6.24. The van der Waals surface area contributed by atoms with Crippen LogP contribution in [0.4, 0.5) is 0 Å². The Hall–Kier alpha value is -3.14. The molecule has 2 atom stereocenters. The van der Waals surface area contributed by atoms with E-state index in [1.54, 1.807) is 23.9 Å². The number of carbonyl (C=O) groups is 2. The Labute approximate surface area is 234 Å². The molecule has 0 spiro atoms. The maximum absolute atomic E-state index is 13.3. The molecule has 0 fully saturated rings. The fraction of sp³-hybridized carbons (Fsp3) is 0.333. The van der Waals surface area contributed by atoms with Crippen LogP contribution in [-0.2, 0) is 26.0 Å². The molecule has 0 heterocycles. The van der Waals surface area contributed by atoms with E-state index in [1.165, 1.54) is 0 Å². The minimum Gasteiger partial charge on any atom is -0.480 e. The molecule has 0 aliphatic heterocycles. The SMILES string of the molecule is CCSC[C@@H](OCc1ccc(C(=O)N[C@@H](CCS(C)(=O)=O)C(=O)O)c(-c2ccccc2C)c1)c1ccccc1. The van der Waals surface area contributed by atoms with E-state index < -0.39 is 27.8 Å². The van der Waals surface area contributed by atoms with Crippen LogP contribution in [0.1, 0.15) is 46.5 Å². The number of amides is 1. The van der Waals surface area contributed by atoms with Gasteiger partial charge in [-0.15, -0.1) is 0 Å². The van der Waals surface area contributed by atoms with Crippen LogP contribution in [0.5, 0.6) is 0 Å². The Balaban J connectivity index is 1.90. The second kappa shape index (κ2) is 14.3. The third-order valence-corrected chi connectivity index (χ3v) is 8.16. The van der Waals surface area contributed by atoms with Crippen LogP contribution < -0.4 is 5.32 Å². The number of hydrogen-bond acceptors (Lipinski definition) is 6. The van der Waals surface area contributed by atoms with Gasteiger partial charge < -0.3 is 15.2 Å². The number of carbonyl (C=O) groups excluding carboxylic acids is 1. The molecule has 39 heavy (non-hydrogen) atoms. The normalized spacial score (nSPS) is 13.0. The van der Waals surface area contributed by atoms with Gasteiger partial charge >= 0.3 is 5.97 Å². The molecule has 208 valence electrons. The van der Waals surface area contributed by atoms with Crippen molar-refractivity contribution in [2.45, 2.75) is 39.0 Å². The number of carboxylic acids is 1. The van der Waals surface area contributed by atoms with Crippen molar-refractivity contribution >= 4 is 33.5 Å². The van der Waals surface area contributed by atoms with Crippen LogP contribution in [-0.4, -0.2) is 55.0 Å². The molecule has 0 saturated heterocycles. The molecule has 1 amide bonds. The van der Waals surface area contributed by atoms with Crippen molar-refractivity contribution in [2.75, 3.05) is 23.5 Å². The predicted octanol–water partition coefficient (Wildman–Crippen LogP) is 5.29. The number of nitrogens with one attached hydrogen (secondary N) is 1. The Morgan fingerprint density at radius 2 is 1.69 bits per heavy atom. The molecule has 0 unspecified atom stereocenters. The van der Waals surface area contributed by atoms with Crippen molar-refractivity contribution in [1.29, 1.82) is 0 Å². The molecule has 0 saturated carbocycles. The number of aliphatic carboxylic acids is 1. The van der Waals surface area contributed by atoms with Crippen LogP contribution in [0.2, 0.25) is 0 Å². The third kappa shape index (κ3) is 9.23. The van der Waals surface area contributed by atoms with E-state index in [0.29, 0.717) is 17.7 Å². The summed E-state index contributed by atoms with van der Waals surface area (Å²) in [4.78, 5) is 25.1. The Kier molecular flexibility index (Phi) is 11.2. The Bertz CT molecular complexity index is 1380. The van der Waals surface area contributed by atoms with Crippen molar-refractivity contribution in [3.8, 4) is 11.1 Å². The number of benzene rings is 3. The van der Waals surface area contributed by atoms with Gasteiger partial charge in [0.2, 0.25) is 0 Å². The van der Waals surface area contributed by atoms with E-state index in [2.05, 4.69) is 24.4 Å². The molecule has 0 aliphatic carbocycles. The Morgan fingerprint density at radius 3 is 2.33 bits per heavy atom. The summed E-state index contributed by atoms with van der Waals surface area (Å²) in [6.45, 7) is 4.39. The number of ether oxygens (including phenoxy) is 1. The van der Waals surface area contributed by atoms with Gasteiger partial charge in [-0.3, -0.25) is 4.79 Å². The fourth-order valence-electron chi connectivity index (χ4n) is 4.13. The van der Waals surface area contributed by atoms with Crippen LogP contribution in [0, 0.1) is 6.92 Å². The topological polar surface area (TPSA) is 110 Å². The molecule has 0 aromatic heterocycles. The van der Waals surface area contributed by atoms with Crippen molar-refractivity contribution in [2.24, 2.45) is 0 Å². The summed E-state index contributed by atoms with van der Waals surface area (Å²) in [6.07, 6.45) is 0.725. The fourth-order valence-corrected chi connectivity index (χ4v) is 5.53. The first-order chi connectivity index (χ1) is 18.6. The standard InChI is InChI=1S/C30H35NO6S2/c1-4-38-20-28(23-11-6-5-7-12-23)37-19-22-14-15-25(26(18-22)24-13-9-8-10-21(24)2)29(32)31-27(30(33)34)16-17-39(3,35)36/h5-15,18,27-28H,4,16-17,19-20H2,1-3H3,(H,31,32)(H,33,34)/t27-,28+/m0/s1. The van der Waals surface area contributed by atoms with Gasteiger partial charge in [0.1, 0.15) is 15.9 Å². The number of rotatable bonds is 14. The first-order valence-electron chi connectivity index (χ1n) is 12.7. The smallest absolute Gasteiger partial charge is 0.326 e. The number of hydrogen-bond donors (Lipinski definition) is 2. The summed E-state index contributed by atoms with van der Waals surface area (Å²) in [7, 11) is -3.39. The molecule has 0 bridgehead atoms. The number of thioether (sulfide) groups is 1. The Morgan fingerprint density at radius 1 is 1.00 bits per heavy atom. The van der Waals surface area contributed by atoms with E-state index in [4.69, 9.17) is 4.74 Å². The van der Waals surface area contributed by atoms with Crippen LogP contribution in [0.15, 0.2) is 72.8 Å². The first kappa shape index (κ1) is 30.4. The largest absolute Gasteiger partial charge is 0.480 e. The van der Waals surface area contributed by atoms with Gasteiger partial charge in [0.05, 0.1) is 18.5 Å². The second-order valence-electron chi connectivity index (χ2n) is 9.35. The molecule has 3 rings (SSSR count). The highest BCUT2D eigenvalue weighted by Crippen LogP contribution is 2.30. The minimum absolute atomic E-state index is 0.0906. The summed E-state index contributed by atoms with van der Waals surface area (Å²) in [5, 5.41) is 12.1. The van der Waals surface area contributed by atoms with Gasteiger partial charge in [-0.25, -0.2) is 13.2 Å². The lowest BCUT2D eigenvalue weighted by Gasteiger charge is -2.20. The number of carboxylic acid groups (broad SMARTS) is 1. The van der Waals surface area contributed by atoms with Crippen LogP contribution >= 0.6 is 11.8 Å². The molecular weight excluding hydrogens is 534 g/mol. The highest BCUT2D eigenvalue weighted by molar-refractivity contribution is 7.99. The zero-order valence-corrected chi connectivity index (χ0v) is 24.1. The van der Waals surface area contributed by atoms with Crippen molar-refractivity contribution < 1.29 is 27.9 Å². The lowest BCUT2D eigenvalue weighted by molar-refractivity contribution is -0.139. The van der Waals surface area contributed by atoms with Crippen LogP contribution in [0.3, 0.4) is 0 Å². The first-order valence-corrected chi connectivity index (χ1v) is 15.9. The van der Waals surface area contributed by atoms with E-state index in [-0.39, 0.29) is 18.3 Å². The van der Waals surface area contributed by atoms with Crippen molar-refractivity contribution in [1.82, 2.24) is 5.32 Å². The maximum atomic E-state index is 13.3. The van der Waals surface area contributed by atoms with Gasteiger partial charge in [-0.2, -0.15) is 11.8 Å². The van der Waals surface area contributed by atoms with Crippen LogP contribution in [0.25, 0.3) is 11.1 Å². The zero-order chi connectivity index (χ0) is 28.4. The summed E-state index contributed by atoms with van der Waals surface area (Å²) < 4.78 is 29.5. The summed E-state index contributed by atoms with van der Waals surface area (Å²) in [6, 6.07) is 21.8. The second-order valence-corrected chi connectivity index (χ2v) is 12.9. The lowest BCUT2D eigenvalue weighted by atomic mass is 9.93. The van der Waals surface area contributed by atoms with Gasteiger partial charge in [0.15, 0.2) is 0 Å². The zero-order valence-electron chi connectivity index (χ0n) is 22.4. The molecular formula is C30H35NO6S2. The van der Waals surface area contributed by atoms with Crippen molar-refractivity contribution in [3.05, 3.63) is 95.1 Å². The van der Waals surface area contributed by atoms with E-state index in [1.807, 2.05) is 55.5 Å². The summed E-state index contributed by atoms with van der Waals surface area (Å²) in [5.74, 6) is -0.413. The van der Waals surface area contributed by atoms with E-state index >= 15 is 0 Å². The van der Waals surface area contributed by atoms with Crippen molar-refractivity contribution in [3.63, 3.8) is 0 Å². The van der Waals surface area contributed by atoms with Gasteiger partial charge in [0.25, 0.3) is 5.91 Å². The van der Waals surface area contributed by atoms with E-state index in [9.17, 15) is 23.1 Å². The van der Waals surface area contributed by atoms with Gasteiger partial charge in [-0.05, 0) is 59.0 Å². The molecule has 3 aromatic rings. The highest BCUT2D eigenvalue weighted by atomic mass is 32.2. The summed E-state index contributed by atoms with van der Waals surface area (Å²) >= 11 is 1.80. The van der Waals surface area contributed by atoms with Gasteiger partial charge in [-0.1, -0.05) is 67.6 Å². The molecule has 2 N–H and O–H groups in total. The number of aryl methyl sites for hydroxylation is 1.